The van der Waals surface area contributed by atoms with E-state index in [0.717, 1.165) is 43.5 Å². The summed E-state index contributed by atoms with van der Waals surface area (Å²) in [6.45, 7) is 3.21. The van der Waals surface area contributed by atoms with Crippen LogP contribution in [0.4, 0.5) is 5.69 Å². The maximum atomic E-state index is 10.0. The number of nitrogens with zero attached hydrogens (tertiary/aromatic N) is 1. The van der Waals surface area contributed by atoms with Crippen LogP contribution >= 0.6 is 0 Å². The highest BCUT2D eigenvalue weighted by Gasteiger charge is 2.12. The van der Waals surface area contributed by atoms with Crippen LogP contribution in [0.1, 0.15) is 44.3 Å². The summed E-state index contributed by atoms with van der Waals surface area (Å²) >= 11 is 0. The van der Waals surface area contributed by atoms with E-state index >= 15 is 0 Å². The molecule has 2 N–H and O–H groups in total. The molecule has 1 rings (SSSR count). The first-order chi connectivity index (χ1) is 8.70. The molecule has 0 aliphatic carbocycles. The Morgan fingerprint density at radius 3 is 2.56 bits per heavy atom. The van der Waals surface area contributed by atoms with E-state index < -0.39 is 0 Å². The first-order valence-electron chi connectivity index (χ1n) is 6.79. The van der Waals surface area contributed by atoms with Gasteiger partial charge in [-0.2, -0.15) is 0 Å². The molecule has 1 aromatic carbocycles. The quantitative estimate of drug-likeness (QED) is 0.698. The summed E-state index contributed by atoms with van der Waals surface area (Å²) in [6.07, 6.45) is 3.32. The summed E-state index contributed by atoms with van der Waals surface area (Å²) < 4.78 is 0. The zero-order valence-electron chi connectivity index (χ0n) is 11.5. The molecule has 0 fully saturated rings. The van der Waals surface area contributed by atoms with Gasteiger partial charge in [0.25, 0.3) is 0 Å². The number of aliphatic hydroxyl groups is 2. The van der Waals surface area contributed by atoms with Crippen LogP contribution in [0, 0.1) is 0 Å². The molecule has 0 aliphatic rings. The lowest BCUT2D eigenvalue weighted by Gasteiger charge is -2.24. The molecule has 0 amide bonds. The zero-order chi connectivity index (χ0) is 13.4. The second-order valence-electron chi connectivity index (χ2n) is 4.69. The summed E-state index contributed by atoms with van der Waals surface area (Å²) in [7, 11) is 2.06. The van der Waals surface area contributed by atoms with Crippen molar-refractivity contribution in [3.05, 3.63) is 29.8 Å². The van der Waals surface area contributed by atoms with Crippen molar-refractivity contribution in [1.82, 2.24) is 0 Å². The van der Waals surface area contributed by atoms with Gasteiger partial charge in [0, 0.05) is 31.5 Å². The van der Waals surface area contributed by atoms with Crippen molar-refractivity contribution in [3.8, 4) is 0 Å². The van der Waals surface area contributed by atoms with Gasteiger partial charge >= 0.3 is 0 Å². The Morgan fingerprint density at radius 2 is 1.89 bits per heavy atom. The van der Waals surface area contributed by atoms with E-state index in [0.29, 0.717) is 0 Å². The number of benzene rings is 1. The lowest BCUT2D eigenvalue weighted by Crippen LogP contribution is -2.20. The smallest absolute Gasteiger partial charge is 0.0807 e. The third-order valence-electron chi connectivity index (χ3n) is 3.25. The van der Waals surface area contributed by atoms with Crippen molar-refractivity contribution in [1.29, 1.82) is 0 Å². The molecule has 0 aromatic heterocycles. The molecule has 3 heteroatoms. The Kier molecular flexibility index (Phi) is 6.76. The van der Waals surface area contributed by atoms with Crippen molar-refractivity contribution in [2.24, 2.45) is 0 Å². The number of anilines is 1. The molecular weight excluding hydrogens is 226 g/mol. The minimum atomic E-state index is -0.388. The molecule has 0 spiro atoms. The van der Waals surface area contributed by atoms with Gasteiger partial charge in [0.1, 0.15) is 0 Å². The maximum Gasteiger partial charge on any atom is 0.0807 e. The van der Waals surface area contributed by atoms with Gasteiger partial charge in [-0.25, -0.2) is 0 Å². The number of para-hydroxylation sites is 1. The molecule has 18 heavy (non-hydrogen) atoms. The number of hydrogen-bond donors (Lipinski definition) is 2. The van der Waals surface area contributed by atoms with E-state index in [1.165, 1.54) is 0 Å². The van der Waals surface area contributed by atoms with Gasteiger partial charge in [-0.3, -0.25) is 0 Å². The number of aliphatic hydroxyl groups excluding tert-OH is 2. The van der Waals surface area contributed by atoms with Crippen LogP contribution in [0.5, 0.6) is 0 Å². The summed E-state index contributed by atoms with van der Waals surface area (Å²) in [4.78, 5) is 2.19. The maximum absolute atomic E-state index is 10.0. The van der Waals surface area contributed by atoms with Crippen molar-refractivity contribution in [2.45, 2.75) is 38.7 Å². The highest BCUT2D eigenvalue weighted by molar-refractivity contribution is 5.54. The number of unbranched alkanes of at least 4 members (excludes halogenated alkanes) is 2. The number of hydrogen-bond acceptors (Lipinski definition) is 3. The monoisotopic (exact) mass is 251 g/mol. The van der Waals surface area contributed by atoms with E-state index in [2.05, 4.69) is 18.0 Å². The number of rotatable bonds is 8. The zero-order valence-corrected chi connectivity index (χ0v) is 11.5. The van der Waals surface area contributed by atoms with E-state index in [1.807, 2.05) is 25.1 Å². The summed E-state index contributed by atoms with van der Waals surface area (Å²) in [6, 6.07) is 8.02. The first-order valence-corrected chi connectivity index (χ1v) is 6.79. The highest BCUT2D eigenvalue weighted by Crippen LogP contribution is 2.27. The summed E-state index contributed by atoms with van der Waals surface area (Å²) in [5.41, 5.74) is 2.11. The fraction of sp³-hybridized carbons (Fsp3) is 0.600. The lowest BCUT2D eigenvalue weighted by atomic mass is 10.0. The van der Waals surface area contributed by atoms with Crippen LogP contribution in [-0.4, -0.2) is 30.4 Å². The minimum Gasteiger partial charge on any atom is -0.396 e. The fourth-order valence-corrected chi connectivity index (χ4v) is 2.09. The predicted molar refractivity (Wildman–Crippen MR) is 75.9 cm³/mol. The normalized spacial score (nSPS) is 12.4. The van der Waals surface area contributed by atoms with Crippen molar-refractivity contribution in [2.75, 3.05) is 25.1 Å². The molecule has 0 saturated carbocycles. The third-order valence-corrected chi connectivity index (χ3v) is 3.25. The molecule has 1 aromatic rings. The standard InChI is InChI=1S/C15H25NO2/c1-3-15(18)13-9-5-6-10-14(13)16(2)11-7-4-8-12-17/h5-6,9-10,15,17-18H,3-4,7-8,11-12H2,1-2H3/t15-/m1/s1. The van der Waals surface area contributed by atoms with E-state index in [9.17, 15) is 5.11 Å². The average Bonchev–Trinajstić information content (AvgIpc) is 2.42. The second-order valence-corrected chi connectivity index (χ2v) is 4.69. The Balaban J connectivity index is 2.63. The molecule has 0 saturated heterocycles. The molecule has 0 unspecified atom stereocenters. The SMILES string of the molecule is CC[C@@H](O)c1ccccc1N(C)CCCCCO. The molecule has 1 atom stereocenters. The van der Waals surface area contributed by atoms with Crippen LogP contribution in [0.25, 0.3) is 0 Å². The molecule has 0 bridgehead atoms. The molecule has 102 valence electrons. The molecule has 3 nitrogen and oxygen atoms in total. The van der Waals surface area contributed by atoms with Crippen molar-refractivity contribution < 1.29 is 10.2 Å². The van der Waals surface area contributed by atoms with Gasteiger partial charge in [-0.1, -0.05) is 25.1 Å². The lowest BCUT2D eigenvalue weighted by molar-refractivity contribution is 0.174. The van der Waals surface area contributed by atoms with Crippen molar-refractivity contribution in [3.63, 3.8) is 0 Å². The predicted octanol–water partition coefficient (Wildman–Crippen LogP) is 2.73. The summed E-state index contributed by atoms with van der Waals surface area (Å²) in [5, 5.41) is 18.8. The van der Waals surface area contributed by atoms with Gasteiger partial charge in [0.2, 0.25) is 0 Å². The molecular formula is C15H25NO2. The third kappa shape index (κ3) is 4.31. The fourth-order valence-electron chi connectivity index (χ4n) is 2.09. The van der Waals surface area contributed by atoms with Crippen LogP contribution in [-0.2, 0) is 0 Å². The minimum absolute atomic E-state index is 0.273. The van der Waals surface area contributed by atoms with Crippen molar-refractivity contribution >= 4 is 5.69 Å². The first kappa shape index (κ1) is 15.0. The Morgan fingerprint density at radius 1 is 1.17 bits per heavy atom. The van der Waals surface area contributed by atoms with Gasteiger partial charge in [0.15, 0.2) is 0 Å². The van der Waals surface area contributed by atoms with Crippen LogP contribution < -0.4 is 4.90 Å². The molecule has 0 aliphatic heterocycles. The van der Waals surface area contributed by atoms with Gasteiger partial charge in [-0.15, -0.1) is 0 Å². The molecule has 0 heterocycles. The second kappa shape index (κ2) is 8.11. The average molecular weight is 251 g/mol. The molecule has 0 radical (unpaired) electrons. The largest absolute Gasteiger partial charge is 0.396 e. The van der Waals surface area contributed by atoms with E-state index in [-0.39, 0.29) is 12.7 Å². The summed E-state index contributed by atoms with van der Waals surface area (Å²) in [5.74, 6) is 0. The Labute approximate surface area is 110 Å². The van der Waals surface area contributed by atoms with Crippen LogP contribution in [0.3, 0.4) is 0 Å². The Bertz CT molecular complexity index is 341. The van der Waals surface area contributed by atoms with Crippen LogP contribution in [0.15, 0.2) is 24.3 Å². The van der Waals surface area contributed by atoms with E-state index in [1.54, 1.807) is 0 Å². The highest BCUT2D eigenvalue weighted by atomic mass is 16.3. The topological polar surface area (TPSA) is 43.7 Å². The van der Waals surface area contributed by atoms with Gasteiger partial charge in [-0.05, 0) is 31.7 Å². The van der Waals surface area contributed by atoms with Crippen LogP contribution in [0.2, 0.25) is 0 Å². The van der Waals surface area contributed by atoms with Gasteiger partial charge in [0.05, 0.1) is 6.10 Å². The van der Waals surface area contributed by atoms with Gasteiger partial charge < -0.3 is 15.1 Å². The Hall–Kier alpha value is -1.06. The van der Waals surface area contributed by atoms with E-state index in [4.69, 9.17) is 5.11 Å².